The topological polar surface area (TPSA) is 85.3 Å². The molecular formula is C7H5K2NO4. The molecule has 0 unspecified atom stereocenters. The maximum absolute atomic E-state index is 10.3. The molecule has 1 rings (SSSR count). The number of carbonyl (C=O) groups is 1. The first-order valence-electron chi connectivity index (χ1n) is 3.16. The fraction of sp³-hybridized carbons (Fsp3) is 0.143. The Morgan fingerprint density at radius 2 is 2.07 bits per heavy atom. The Bertz CT molecular complexity index is 295. The number of carbonyl (C=O) groups excluding carboxylic acids is 1. The minimum absolute atomic E-state index is 0. The second-order valence-electron chi connectivity index (χ2n) is 2.06. The molecule has 0 aliphatic rings. The van der Waals surface area contributed by atoms with Gasteiger partial charge in [0, 0.05) is 0 Å². The van der Waals surface area contributed by atoms with E-state index in [1.807, 2.05) is 0 Å². The average Bonchev–Trinajstić information content (AvgIpc) is 2.05. The van der Waals surface area contributed by atoms with Crippen molar-refractivity contribution in [2.75, 3.05) is 0 Å². The van der Waals surface area contributed by atoms with Gasteiger partial charge in [-0.25, -0.2) is 4.98 Å². The van der Waals surface area contributed by atoms with E-state index in [9.17, 15) is 15.2 Å². The van der Waals surface area contributed by atoms with Crippen LogP contribution < -0.4 is 113 Å². The molecule has 1 heterocycles. The van der Waals surface area contributed by atoms with Crippen LogP contribution in [0.25, 0.3) is 0 Å². The predicted octanol–water partition coefficient (Wildman–Crippen LogP) is -7.76. The van der Waals surface area contributed by atoms with Crippen molar-refractivity contribution in [3.8, 4) is 0 Å². The van der Waals surface area contributed by atoms with Gasteiger partial charge in [-0.1, -0.05) is 6.07 Å². The zero-order chi connectivity index (χ0) is 8.97. The molecule has 0 atom stereocenters. The number of aromatic nitrogens is 1. The molecule has 0 radical (unpaired) electrons. The summed E-state index contributed by atoms with van der Waals surface area (Å²) in [4.78, 5) is 17.4. The van der Waals surface area contributed by atoms with Crippen LogP contribution in [0.3, 0.4) is 0 Å². The maximum Gasteiger partial charge on any atom is 1.00 e. The number of pyridine rings is 1. The minimum atomic E-state index is -1.37. The Morgan fingerprint density at radius 1 is 1.43 bits per heavy atom. The van der Waals surface area contributed by atoms with Gasteiger partial charge < -0.3 is 20.0 Å². The Labute approximate surface area is 166 Å². The van der Waals surface area contributed by atoms with Crippen molar-refractivity contribution < 1.29 is 123 Å². The van der Waals surface area contributed by atoms with Gasteiger partial charge in [0.1, 0.15) is 0 Å². The molecule has 64 valence electrons. The molecule has 0 amide bonds. The molecule has 5 nitrogen and oxygen atoms in total. The van der Waals surface area contributed by atoms with Crippen molar-refractivity contribution in [3.63, 3.8) is 0 Å². The smallest absolute Gasteiger partial charge is 0.723 e. The van der Waals surface area contributed by atoms with Gasteiger partial charge in [-0.15, -0.1) is 0 Å². The Kier molecular flexibility index (Phi) is 13.0. The van der Waals surface area contributed by atoms with Crippen molar-refractivity contribution in [1.29, 1.82) is 0 Å². The van der Waals surface area contributed by atoms with E-state index in [0.717, 1.165) is 0 Å². The number of nitrogens with zero attached hydrogens (tertiary/aromatic N) is 1. The summed E-state index contributed by atoms with van der Waals surface area (Å²) < 4.78 is 0. The quantitative estimate of drug-likeness (QED) is 0.300. The van der Waals surface area contributed by atoms with Gasteiger partial charge in [-0.3, -0.25) is 0 Å². The van der Waals surface area contributed by atoms with Crippen LogP contribution in [0.1, 0.15) is 16.2 Å². The fourth-order valence-corrected chi connectivity index (χ4v) is 0.734. The third kappa shape index (κ3) is 6.41. The summed E-state index contributed by atoms with van der Waals surface area (Å²) in [6, 6.07) is 4.24. The SMILES string of the molecule is O=C([O-])c1cccc(CO[O-])n1.[K+].[K+]. The number of hydrogen-bond donors (Lipinski definition) is 0. The Balaban J connectivity index is 0. The van der Waals surface area contributed by atoms with Crippen LogP contribution >= 0.6 is 0 Å². The van der Waals surface area contributed by atoms with Gasteiger partial charge in [-0.2, -0.15) is 0 Å². The van der Waals surface area contributed by atoms with Gasteiger partial charge in [0.2, 0.25) is 0 Å². The molecule has 1 aromatic rings. The summed E-state index contributed by atoms with van der Waals surface area (Å²) in [7, 11) is 0. The van der Waals surface area contributed by atoms with Crippen molar-refractivity contribution in [2.24, 2.45) is 0 Å². The van der Waals surface area contributed by atoms with Crippen LogP contribution in [0.2, 0.25) is 0 Å². The molecule has 0 bridgehead atoms. The third-order valence-corrected chi connectivity index (χ3v) is 1.22. The van der Waals surface area contributed by atoms with E-state index in [4.69, 9.17) is 0 Å². The molecule has 0 saturated heterocycles. The largest absolute Gasteiger partial charge is 1.00 e. The minimum Gasteiger partial charge on any atom is -0.723 e. The molecule has 0 aliphatic carbocycles. The van der Waals surface area contributed by atoms with E-state index < -0.39 is 5.97 Å². The van der Waals surface area contributed by atoms with Crippen molar-refractivity contribution >= 4 is 5.97 Å². The van der Waals surface area contributed by atoms with E-state index in [-0.39, 0.29) is 121 Å². The second kappa shape index (κ2) is 10.00. The molecular weight excluding hydrogens is 240 g/mol. The molecule has 0 N–H and O–H groups in total. The van der Waals surface area contributed by atoms with Crippen LogP contribution in [0.4, 0.5) is 0 Å². The zero-order valence-corrected chi connectivity index (χ0v) is 14.3. The van der Waals surface area contributed by atoms with Gasteiger partial charge in [0.15, 0.2) is 0 Å². The van der Waals surface area contributed by atoms with Gasteiger partial charge in [-0.05, 0) is 12.1 Å². The number of carboxylic acid groups (broad SMARTS) is 1. The molecule has 0 fully saturated rings. The van der Waals surface area contributed by atoms with E-state index in [1.165, 1.54) is 18.2 Å². The summed E-state index contributed by atoms with van der Waals surface area (Å²) in [5.41, 5.74) is 0.0660. The molecule has 0 aromatic carbocycles. The summed E-state index contributed by atoms with van der Waals surface area (Å²) in [5, 5.41) is 19.9. The Morgan fingerprint density at radius 3 is 2.57 bits per heavy atom. The fourth-order valence-electron chi connectivity index (χ4n) is 0.734. The monoisotopic (exact) mass is 245 g/mol. The van der Waals surface area contributed by atoms with Gasteiger partial charge in [0.25, 0.3) is 0 Å². The summed E-state index contributed by atoms with van der Waals surface area (Å²) in [6.45, 7) is -0.249. The van der Waals surface area contributed by atoms with Crippen molar-refractivity contribution in [1.82, 2.24) is 4.98 Å². The van der Waals surface area contributed by atoms with Crippen LogP contribution in [0.5, 0.6) is 0 Å². The van der Waals surface area contributed by atoms with Crippen molar-refractivity contribution in [3.05, 3.63) is 29.6 Å². The van der Waals surface area contributed by atoms with Crippen LogP contribution in [0.15, 0.2) is 18.2 Å². The normalized spacial score (nSPS) is 8.36. The van der Waals surface area contributed by atoms with Crippen molar-refractivity contribution in [2.45, 2.75) is 6.61 Å². The predicted molar refractivity (Wildman–Crippen MR) is 33.4 cm³/mol. The van der Waals surface area contributed by atoms with Crippen LogP contribution in [0, 0.1) is 0 Å². The van der Waals surface area contributed by atoms with Gasteiger partial charge >= 0.3 is 103 Å². The van der Waals surface area contributed by atoms with Crippen LogP contribution in [-0.4, -0.2) is 11.0 Å². The van der Waals surface area contributed by atoms with E-state index in [1.54, 1.807) is 0 Å². The molecule has 14 heavy (non-hydrogen) atoms. The summed E-state index contributed by atoms with van der Waals surface area (Å²) in [6.07, 6.45) is 0. The summed E-state index contributed by atoms with van der Waals surface area (Å²) in [5.74, 6) is -1.37. The second-order valence-corrected chi connectivity index (χ2v) is 2.06. The van der Waals surface area contributed by atoms with E-state index in [0.29, 0.717) is 0 Å². The standard InChI is InChI=1S/C7H7NO4.2K/c9-7(10)6-3-1-2-5(8-6)4-12-11;;/h1-3,11H,4H2,(H,9,10);;/q;2*+1/p-2. The first kappa shape index (κ1) is 18.2. The first-order valence-corrected chi connectivity index (χ1v) is 3.16. The number of hydrogen-bond acceptors (Lipinski definition) is 5. The Hall–Kier alpha value is 1.81. The number of aromatic carboxylic acids is 1. The zero-order valence-electron chi connectivity index (χ0n) is 8.02. The number of carboxylic acids is 1. The summed E-state index contributed by atoms with van der Waals surface area (Å²) >= 11 is 0. The maximum atomic E-state index is 10.3. The van der Waals surface area contributed by atoms with Crippen LogP contribution in [-0.2, 0) is 11.5 Å². The van der Waals surface area contributed by atoms with Gasteiger partial charge in [0.05, 0.1) is 24.0 Å². The molecule has 0 saturated carbocycles. The average molecular weight is 245 g/mol. The number of rotatable bonds is 3. The van der Waals surface area contributed by atoms with E-state index in [2.05, 4.69) is 9.87 Å². The molecule has 0 aliphatic heterocycles. The molecule has 1 aromatic heterocycles. The molecule has 7 heteroatoms. The first-order chi connectivity index (χ1) is 5.74. The third-order valence-electron chi connectivity index (χ3n) is 1.22. The molecule has 0 spiro atoms. The van der Waals surface area contributed by atoms with E-state index >= 15 is 0 Å².